The number of methoxy groups -OCH3 is 1. The Bertz CT molecular complexity index is 1480. The minimum absolute atomic E-state index is 0.156. The van der Waals surface area contributed by atoms with E-state index in [0.717, 1.165) is 22.2 Å². The predicted octanol–water partition coefficient (Wildman–Crippen LogP) is 6.17. The molecule has 182 valence electrons. The van der Waals surface area contributed by atoms with E-state index in [-0.39, 0.29) is 17.8 Å². The van der Waals surface area contributed by atoms with Crippen LogP contribution in [0.3, 0.4) is 0 Å². The number of aromatic nitrogens is 2. The number of thiophene rings is 1. The standard InChI is InChI=1S/C28H24FN3O3S/c1-18(31-28(33)20-12-13-36-17-20)27(19-4-3-5-24(14-19)34-2)35-25-10-11-26-21(15-25)16-30-32(26)23-8-6-22(29)7-9-23/h3-18,27H,1-2H3,(H,31,33)/t18-,27-/m0/s1. The summed E-state index contributed by atoms with van der Waals surface area (Å²) in [5.74, 6) is 0.880. The van der Waals surface area contributed by atoms with Crippen LogP contribution in [0.2, 0.25) is 0 Å². The molecule has 0 bridgehead atoms. The molecule has 0 aliphatic carbocycles. The third kappa shape index (κ3) is 4.94. The van der Waals surface area contributed by atoms with Crippen LogP contribution in [0.5, 0.6) is 11.5 Å². The monoisotopic (exact) mass is 501 g/mol. The van der Waals surface area contributed by atoms with Gasteiger partial charge in [0, 0.05) is 16.3 Å². The Morgan fingerprint density at radius 1 is 1.06 bits per heavy atom. The van der Waals surface area contributed by atoms with Crippen molar-refractivity contribution in [1.82, 2.24) is 15.1 Å². The van der Waals surface area contributed by atoms with Crippen LogP contribution in [-0.2, 0) is 0 Å². The molecular weight excluding hydrogens is 477 g/mol. The predicted molar refractivity (Wildman–Crippen MR) is 139 cm³/mol. The van der Waals surface area contributed by atoms with Gasteiger partial charge in [0.05, 0.1) is 30.6 Å². The quantitative estimate of drug-likeness (QED) is 0.276. The van der Waals surface area contributed by atoms with Crippen LogP contribution in [-0.4, -0.2) is 28.8 Å². The molecule has 0 radical (unpaired) electrons. The first-order chi connectivity index (χ1) is 17.5. The number of rotatable bonds is 8. The Morgan fingerprint density at radius 2 is 1.89 bits per heavy atom. The molecule has 1 N–H and O–H groups in total. The number of benzene rings is 3. The summed E-state index contributed by atoms with van der Waals surface area (Å²) in [6.07, 6.45) is 1.26. The molecule has 0 aliphatic heterocycles. The molecule has 5 aromatic rings. The first kappa shape index (κ1) is 23.6. The Labute approximate surface area is 211 Å². The number of halogens is 1. The number of hydrogen-bond acceptors (Lipinski definition) is 5. The van der Waals surface area contributed by atoms with E-state index in [4.69, 9.17) is 9.47 Å². The van der Waals surface area contributed by atoms with Gasteiger partial charge in [0.25, 0.3) is 5.91 Å². The van der Waals surface area contributed by atoms with Gasteiger partial charge in [-0.3, -0.25) is 4.79 Å². The van der Waals surface area contributed by atoms with E-state index in [2.05, 4.69) is 10.4 Å². The van der Waals surface area contributed by atoms with Crippen LogP contribution in [0.25, 0.3) is 16.6 Å². The molecule has 0 aliphatic rings. The molecule has 8 heteroatoms. The lowest BCUT2D eigenvalue weighted by Gasteiger charge is -2.27. The Hall–Kier alpha value is -4.17. The minimum Gasteiger partial charge on any atom is -0.497 e. The number of nitrogens with zero attached hydrogens (tertiary/aromatic N) is 2. The van der Waals surface area contributed by atoms with E-state index in [9.17, 15) is 9.18 Å². The first-order valence-corrected chi connectivity index (χ1v) is 12.3. The number of fused-ring (bicyclic) bond motifs is 1. The van der Waals surface area contributed by atoms with Crippen molar-refractivity contribution in [2.45, 2.75) is 19.1 Å². The second-order valence-corrected chi connectivity index (χ2v) is 9.12. The summed E-state index contributed by atoms with van der Waals surface area (Å²) in [6, 6.07) is 20.9. The zero-order chi connectivity index (χ0) is 25.1. The largest absolute Gasteiger partial charge is 0.497 e. The molecule has 0 saturated carbocycles. The highest BCUT2D eigenvalue weighted by Gasteiger charge is 2.24. The van der Waals surface area contributed by atoms with Gasteiger partial charge in [0.15, 0.2) is 0 Å². The molecule has 1 amide bonds. The van der Waals surface area contributed by atoms with Crippen LogP contribution < -0.4 is 14.8 Å². The summed E-state index contributed by atoms with van der Waals surface area (Å²) in [6.45, 7) is 1.92. The second kappa shape index (κ2) is 10.2. The third-order valence-electron chi connectivity index (χ3n) is 5.89. The summed E-state index contributed by atoms with van der Waals surface area (Å²) in [4.78, 5) is 12.7. The molecule has 3 aromatic carbocycles. The van der Waals surface area contributed by atoms with E-state index in [1.54, 1.807) is 36.2 Å². The molecule has 5 rings (SSSR count). The van der Waals surface area contributed by atoms with Gasteiger partial charge in [-0.05, 0) is 78.5 Å². The number of amides is 1. The fourth-order valence-corrected chi connectivity index (χ4v) is 4.69. The molecule has 0 saturated heterocycles. The van der Waals surface area contributed by atoms with Gasteiger partial charge < -0.3 is 14.8 Å². The number of carbonyl (C=O) groups excluding carboxylic acids is 1. The zero-order valence-corrected chi connectivity index (χ0v) is 20.5. The lowest BCUT2D eigenvalue weighted by Crippen LogP contribution is -2.39. The fourth-order valence-electron chi connectivity index (χ4n) is 4.06. The molecule has 2 heterocycles. The maximum atomic E-state index is 13.3. The van der Waals surface area contributed by atoms with E-state index >= 15 is 0 Å². The number of carbonyl (C=O) groups is 1. The van der Waals surface area contributed by atoms with Gasteiger partial charge in [-0.25, -0.2) is 9.07 Å². The molecule has 0 spiro atoms. The van der Waals surface area contributed by atoms with E-state index in [1.807, 2.05) is 60.1 Å². The number of ether oxygens (including phenoxy) is 2. The van der Waals surface area contributed by atoms with Gasteiger partial charge in [-0.15, -0.1) is 0 Å². The fraction of sp³-hybridized carbons (Fsp3) is 0.143. The number of nitrogens with one attached hydrogen (secondary N) is 1. The van der Waals surface area contributed by atoms with E-state index < -0.39 is 6.10 Å². The van der Waals surface area contributed by atoms with Crippen LogP contribution >= 0.6 is 11.3 Å². The molecular formula is C28H24FN3O3S. The average Bonchev–Trinajstić information content (AvgIpc) is 3.58. The molecule has 36 heavy (non-hydrogen) atoms. The van der Waals surface area contributed by atoms with E-state index in [0.29, 0.717) is 17.1 Å². The summed E-state index contributed by atoms with van der Waals surface area (Å²) in [5.41, 5.74) is 3.12. The lowest BCUT2D eigenvalue weighted by atomic mass is 10.0. The van der Waals surface area contributed by atoms with Crippen LogP contribution in [0.1, 0.15) is 28.9 Å². The Morgan fingerprint density at radius 3 is 2.64 bits per heavy atom. The number of hydrogen-bond donors (Lipinski definition) is 1. The minimum atomic E-state index is -0.479. The van der Waals surface area contributed by atoms with Gasteiger partial charge in [-0.2, -0.15) is 16.4 Å². The van der Waals surface area contributed by atoms with Crippen LogP contribution in [0.4, 0.5) is 4.39 Å². The van der Waals surface area contributed by atoms with Crippen LogP contribution in [0.15, 0.2) is 89.8 Å². The molecule has 2 atom stereocenters. The highest BCUT2D eigenvalue weighted by Crippen LogP contribution is 2.30. The van der Waals surface area contributed by atoms with Crippen molar-refractivity contribution in [3.8, 4) is 17.2 Å². The molecule has 0 fully saturated rings. The van der Waals surface area contributed by atoms with Gasteiger partial charge in [-0.1, -0.05) is 12.1 Å². The SMILES string of the molecule is COc1cccc([C@@H](Oc2ccc3c(cnn3-c3ccc(F)cc3)c2)[C@H](C)NC(=O)c2ccsc2)c1. The first-order valence-electron chi connectivity index (χ1n) is 11.4. The molecule has 0 unspecified atom stereocenters. The van der Waals surface area contributed by atoms with Gasteiger partial charge in [0.1, 0.15) is 23.4 Å². The average molecular weight is 502 g/mol. The maximum absolute atomic E-state index is 13.3. The summed E-state index contributed by atoms with van der Waals surface area (Å²) < 4.78 is 27.0. The topological polar surface area (TPSA) is 65.4 Å². The van der Waals surface area contributed by atoms with Crippen molar-refractivity contribution in [3.05, 3.63) is 107 Å². The third-order valence-corrected chi connectivity index (χ3v) is 6.58. The zero-order valence-electron chi connectivity index (χ0n) is 19.7. The van der Waals surface area contributed by atoms with Crippen molar-refractivity contribution in [2.75, 3.05) is 7.11 Å². The Balaban J connectivity index is 1.44. The normalized spacial score (nSPS) is 12.8. The highest BCUT2D eigenvalue weighted by atomic mass is 32.1. The van der Waals surface area contributed by atoms with Gasteiger partial charge >= 0.3 is 0 Å². The lowest BCUT2D eigenvalue weighted by molar-refractivity contribution is 0.0882. The molecule has 6 nitrogen and oxygen atoms in total. The summed E-state index contributed by atoms with van der Waals surface area (Å²) >= 11 is 1.47. The molecule has 2 aromatic heterocycles. The highest BCUT2D eigenvalue weighted by molar-refractivity contribution is 7.08. The summed E-state index contributed by atoms with van der Waals surface area (Å²) in [7, 11) is 1.61. The van der Waals surface area contributed by atoms with Crippen molar-refractivity contribution in [1.29, 1.82) is 0 Å². The smallest absolute Gasteiger partial charge is 0.252 e. The summed E-state index contributed by atoms with van der Waals surface area (Å²) in [5, 5.41) is 12.1. The Kier molecular flexibility index (Phi) is 6.69. The maximum Gasteiger partial charge on any atom is 0.252 e. The van der Waals surface area contributed by atoms with Crippen molar-refractivity contribution in [3.63, 3.8) is 0 Å². The van der Waals surface area contributed by atoms with Crippen molar-refractivity contribution < 1.29 is 18.7 Å². The second-order valence-electron chi connectivity index (χ2n) is 8.34. The van der Waals surface area contributed by atoms with Crippen molar-refractivity contribution in [2.24, 2.45) is 0 Å². The van der Waals surface area contributed by atoms with E-state index in [1.165, 1.54) is 23.5 Å². The van der Waals surface area contributed by atoms with Crippen LogP contribution in [0, 0.1) is 5.82 Å². The van der Waals surface area contributed by atoms with Crippen molar-refractivity contribution >= 4 is 28.1 Å². The van der Waals surface area contributed by atoms with Gasteiger partial charge in [0.2, 0.25) is 0 Å².